The van der Waals surface area contributed by atoms with Gasteiger partial charge in [-0.15, -0.1) is 0 Å². The SMILES string of the molecule is Cc1ccc(C(=O)NC2CCc3cc(N)ccc32)c(=O)[nH]1. The molecule has 0 bridgehead atoms. The van der Waals surface area contributed by atoms with Crippen LogP contribution in [0.4, 0.5) is 5.69 Å². The monoisotopic (exact) mass is 283 g/mol. The summed E-state index contributed by atoms with van der Waals surface area (Å²) in [6, 6.07) is 8.94. The Balaban J connectivity index is 1.82. The van der Waals surface area contributed by atoms with Crippen molar-refractivity contribution in [3.05, 3.63) is 63.1 Å². The molecule has 21 heavy (non-hydrogen) atoms. The lowest BCUT2D eigenvalue weighted by Crippen LogP contribution is -2.32. The summed E-state index contributed by atoms with van der Waals surface area (Å²) >= 11 is 0. The average Bonchev–Trinajstić information content (AvgIpc) is 2.80. The highest BCUT2D eigenvalue weighted by Crippen LogP contribution is 2.32. The fourth-order valence-corrected chi connectivity index (χ4v) is 2.77. The number of aromatic amines is 1. The minimum Gasteiger partial charge on any atom is -0.399 e. The van der Waals surface area contributed by atoms with Crippen molar-refractivity contribution in [1.82, 2.24) is 10.3 Å². The van der Waals surface area contributed by atoms with E-state index >= 15 is 0 Å². The molecule has 3 rings (SSSR count). The number of carbonyl (C=O) groups is 1. The third kappa shape index (κ3) is 2.54. The fraction of sp³-hybridized carbons (Fsp3) is 0.250. The van der Waals surface area contributed by atoms with Crippen LogP contribution in [0.2, 0.25) is 0 Å². The average molecular weight is 283 g/mol. The number of nitrogen functional groups attached to an aromatic ring is 1. The van der Waals surface area contributed by atoms with Crippen molar-refractivity contribution in [1.29, 1.82) is 0 Å². The molecule has 1 atom stereocenters. The maximum atomic E-state index is 12.3. The van der Waals surface area contributed by atoms with E-state index in [0.29, 0.717) is 0 Å². The molecule has 4 N–H and O–H groups in total. The van der Waals surface area contributed by atoms with Crippen LogP contribution < -0.4 is 16.6 Å². The lowest BCUT2D eigenvalue weighted by atomic mass is 10.1. The number of aromatic nitrogens is 1. The molecule has 1 amide bonds. The van der Waals surface area contributed by atoms with Crippen molar-refractivity contribution in [2.75, 3.05) is 5.73 Å². The zero-order valence-corrected chi connectivity index (χ0v) is 11.8. The van der Waals surface area contributed by atoms with E-state index < -0.39 is 0 Å². The molecule has 0 aliphatic heterocycles. The summed E-state index contributed by atoms with van der Waals surface area (Å²) in [7, 11) is 0. The quantitative estimate of drug-likeness (QED) is 0.733. The lowest BCUT2D eigenvalue weighted by molar-refractivity contribution is 0.0935. The number of fused-ring (bicyclic) bond motifs is 1. The van der Waals surface area contributed by atoms with Crippen LogP contribution in [0, 0.1) is 6.92 Å². The number of carbonyl (C=O) groups excluding carboxylic acids is 1. The highest BCUT2D eigenvalue weighted by molar-refractivity contribution is 5.94. The Morgan fingerprint density at radius 1 is 1.33 bits per heavy atom. The maximum absolute atomic E-state index is 12.3. The molecule has 1 unspecified atom stereocenters. The third-order valence-electron chi connectivity index (χ3n) is 3.85. The molecular formula is C16H17N3O2. The molecule has 0 saturated carbocycles. The number of hydrogen-bond acceptors (Lipinski definition) is 3. The van der Waals surface area contributed by atoms with Gasteiger partial charge < -0.3 is 16.0 Å². The van der Waals surface area contributed by atoms with Gasteiger partial charge in [-0.25, -0.2) is 0 Å². The molecule has 1 heterocycles. The Bertz CT molecular complexity index is 764. The van der Waals surface area contributed by atoms with Crippen molar-refractivity contribution in [2.24, 2.45) is 0 Å². The Hall–Kier alpha value is -2.56. The van der Waals surface area contributed by atoms with Gasteiger partial charge in [-0.1, -0.05) is 6.07 Å². The van der Waals surface area contributed by atoms with Crippen LogP contribution in [-0.4, -0.2) is 10.9 Å². The van der Waals surface area contributed by atoms with E-state index in [-0.39, 0.29) is 23.1 Å². The fourth-order valence-electron chi connectivity index (χ4n) is 2.77. The van der Waals surface area contributed by atoms with Crippen molar-refractivity contribution in [2.45, 2.75) is 25.8 Å². The second-order valence-electron chi connectivity index (χ2n) is 5.41. The van der Waals surface area contributed by atoms with Crippen molar-refractivity contribution < 1.29 is 4.79 Å². The Kier molecular flexibility index (Phi) is 3.25. The molecule has 108 valence electrons. The second-order valence-corrected chi connectivity index (χ2v) is 5.41. The number of benzene rings is 1. The third-order valence-corrected chi connectivity index (χ3v) is 3.85. The summed E-state index contributed by atoms with van der Waals surface area (Å²) in [5.41, 5.74) is 9.27. The van der Waals surface area contributed by atoms with Crippen molar-refractivity contribution in [3.63, 3.8) is 0 Å². The standard InChI is InChI=1S/C16H17N3O2/c1-9-2-5-13(15(20)18-9)16(21)19-14-7-3-10-8-11(17)4-6-12(10)14/h2,4-6,8,14H,3,7,17H2,1H3,(H,18,20)(H,19,21). The Morgan fingerprint density at radius 3 is 2.90 bits per heavy atom. The summed E-state index contributed by atoms with van der Waals surface area (Å²) in [5, 5.41) is 2.93. The molecule has 1 aliphatic carbocycles. The molecule has 0 fully saturated rings. The topological polar surface area (TPSA) is 88.0 Å². The molecule has 0 spiro atoms. The minimum atomic E-state index is -0.358. The smallest absolute Gasteiger partial charge is 0.260 e. The molecule has 1 aliphatic rings. The summed E-state index contributed by atoms with van der Waals surface area (Å²) in [6.45, 7) is 1.78. The number of H-pyrrole nitrogens is 1. The number of nitrogens with one attached hydrogen (secondary N) is 2. The summed E-state index contributed by atoms with van der Waals surface area (Å²) in [6.07, 6.45) is 1.71. The number of anilines is 1. The van der Waals surface area contributed by atoms with Crippen LogP contribution in [0.1, 0.15) is 39.6 Å². The summed E-state index contributed by atoms with van der Waals surface area (Å²) in [5.74, 6) is -0.342. The first-order valence-corrected chi connectivity index (χ1v) is 6.93. The van der Waals surface area contributed by atoms with Crippen LogP contribution in [-0.2, 0) is 6.42 Å². The highest BCUT2D eigenvalue weighted by Gasteiger charge is 2.25. The van der Waals surface area contributed by atoms with Gasteiger partial charge in [0, 0.05) is 11.4 Å². The Labute approximate surface area is 122 Å². The van der Waals surface area contributed by atoms with E-state index in [2.05, 4.69) is 10.3 Å². The number of pyridine rings is 1. The van der Waals surface area contributed by atoms with Gasteiger partial charge in [0.1, 0.15) is 5.56 Å². The number of rotatable bonds is 2. The van der Waals surface area contributed by atoms with Crippen LogP contribution in [0.5, 0.6) is 0 Å². The van der Waals surface area contributed by atoms with Gasteiger partial charge in [-0.05, 0) is 55.2 Å². The van der Waals surface area contributed by atoms with Gasteiger partial charge in [0.2, 0.25) is 0 Å². The van der Waals surface area contributed by atoms with E-state index in [1.165, 1.54) is 0 Å². The first-order chi connectivity index (χ1) is 10.0. The van der Waals surface area contributed by atoms with E-state index in [1.807, 2.05) is 18.2 Å². The highest BCUT2D eigenvalue weighted by atomic mass is 16.2. The number of amides is 1. The minimum absolute atomic E-state index is 0.0613. The van der Waals surface area contributed by atoms with Gasteiger partial charge in [0.15, 0.2) is 0 Å². The van der Waals surface area contributed by atoms with Gasteiger partial charge in [-0.2, -0.15) is 0 Å². The Morgan fingerprint density at radius 2 is 2.14 bits per heavy atom. The summed E-state index contributed by atoms with van der Waals surface area (Å²) < 4.78 is 0. The molecule has 0 saturated heterocycles. The molecule has 1 aromatic carbocycles. The van der Waals surface area contributed by atoms with Crippen LogP contribution in [0.25, 0.3) is 0 Å². The predicted molar refractivity (Wildman–Crippen MR) is 81.2 cm³/mol. The van der Waals surface area contributed by atoms with E-state index in [9.17, 15) is 9.59 Å². The van der Waals surface area contributed by atoms with Crippen LogP contribution in [0.15, 0.2) is 35.1 Å². The largest absolute Gasteiger partial charge is 0.399 e. The molecule has 0 radical (unpaired) electrons. The first kappa shape index (κ1) is 13.4. The summed E-state index contributed by atoms with van der Waals surface area (Å²) in [4.78, 5) is 26.7. The van der Waals surface area contributed by atoms with E-state index in [1.54, 1.807) is 19.1 Å². The van der Waals surface area contributed by atoms with Crippen LogP contribution >= 0.6 is 0 Å². The van der Waals surface area contributed by atoms with Gasteiger partial charge >= 0.3 is 0 Å². The first-order valence-electron chi connectivity index (χ1n) is 6.93. The predicted octanol–water partition coefficient (Wildman–Crippen LogP) is 1.68. The number of aryl methyl sites for hydroxylation is 2. The molecule has 5 nitrogen and oxygen atoms in total. The molecular weight excluding hydrogens is 266 g/mol. The van der Waals surface area contributed by atoms with Gasteiger partial charge in [0.25, 0.3) is 11.5 Å². The molecule has 5 heteroatoms. The van der Waals surface area contributed by atoms with Crippen molar-refractivity contribution in [3.8, 4) is 0 Å². The number of hydrogen-bond donors (Lipinski definition) is 3. The molecule has 1 aromatic heterocycles. The second kappa shape index (κ2) is 5.09. The molecule has 2 aromatic rings. The van der Waals surface area contributed by atoms with E-state index in [4.69, 9.17) is 5.73 Å². The normalized spacial score (nSPS) is 16.5. The van der Waals surface area contributed by atoms with Crippen LogP contribution in [0.3, 0.4) is 0 Å². The zero-order valence-electron chi connectivity index (χ0n) is 11.8. The van der Waals surface area contributed by atoms with E-state index in [0.717, 1.165) is 35.3 Å². The van der Waals surface area contributed by atoms with Gasteiger partial charge in [-0.3, -0.25) is 9.59 Å². The zero-order chi connectivity index (χ0) is 15.0. The maximum Gasteiger partial charge on any atom is 0.260 e. The lowest BCUT2D eigenvalue weighted by Gasteiger charge is -2.14. The van der Waals surface area contributed by atoms with Gasteiger partial charge in [0.05, 0.1) is 6.04 Å². The number of nitrogens with two attached hydrogens (primary N) is 1. The van der Waals surface area contributed by atoms with Crippen molar-refractivity contribution >= 4 is 11.6 Å².